The standard InChI is InChI=1S/C16H16N2O2/c1-16(2)15(19)12(8-20-16)14-11-6-4-3-5-10(11)13-7-17-9-18(13)14/h3-7,9,12,14H,8H2,1-2H3. The summed E-state index contributed by atoms with van der Waals surface area (Å²) in [5.74, 6) is 0.0421. The third-order valence-corrected chi connectivity index (χ3v) is 4.46. The van der Waals surface area contributed by atoms with Gasteiger partial charge < -0.3 is 9.30 Å². The zero-order chi connectivity index (χ0) is 13.9. The molecule has 0 spiro atoms. The molecule has 0 radical (unpaired) electrons. The van der Waals surface area contributed by atoms with Gasteiger partial charge in [-0.25, -0.2) is 4.98 Å². The maximum absolute atomic E-state index is 12.6. The van der Waals surface area contributed by atoms with Crippen LogP contribution in [0.4, 0.5) is 0 Å². The van der Waals surface area contributed by atoms with Crippen LogP contribution >= 0.6 is 0 Å². The van der Waals surface area contributed by atoms with E-state index in [1.54, 1.807) is 0 Å². The molecule has 1 fully saturated rings. The zero-order valence-electron chi connectivity index (χ0n) is 11.5. The predicted molar refractivity (Wildman–Crippen MR) is 74.3 cm³/mol. The third-order valence-electron chi connectivity index (χ3n) is 4.46. The van der Waals surface area contributed by atoms with Gasteiger partial charge in [0, 0.05) is 5.56 Å². The molecule has 1 saturated heterocycles. The number of nitrogens with zero attached hydrogens (tertiary/aromatic N) is 2. The second-order valence-corrected chi connectivity index (χ2v) is 6.01. The molecule has 0 N–H and O–H groups in total. The van der Waals surface area contributed by atoms with Crippen LogP contribution in [-0.4, -0.2) is 27.5 Å². The summed E-state index contributed by atoms with van der Waals surface area (Å²) in [4.78, 5) is 16.8. The lowest BCUT2D eigenvalue weighted by atomic mass is 9.86. The highest BCUT2D eigenvalue weighted by Crippen LogP contribution is 2.45. The molecule has 2 aliphatic heterocycles. The van der Waals surface area contributed by atoms with Crippen LogP contribution < -0.4 is 0 Å². The summed E-state index contributed by atoms with van der Waals surface area (Å²) in [5.41, 5.74) is 2.78. The van der Waals surface area contributed by atoms with Gasteiger partial charge in [-0.1, -0.05) is 24.3 Å². The molecule has 0 amide bonds. The lowest BCUT2D eigenvalue weighted by Gasteiger charge is -2.21. The monoisotopic (exact) mass is 268 g/mol. The smallest absolute Gasteiger partial charge is 0.171 e. The number of benzene rings is 1. The van der Waals surface area contributed by atoms with Crippen molar-refractivity contribution in [1.82, 2.24) is 9.55 Å². The molecule has 1 aromatic carbocycles. The van der Waals surface area contributed by atoms with Gasteiger partial charge >= 0.3 is 0 Å². The lowest BCUT2D eigenvalue weighted by molar-refractivity contribution is -0.130. The number of rotatable bonds is 1. The first-order valence-corrected chi connectivity index (χ1v) is 6.89. The lowest BCUT2D eigenvalue weighted by Crippen LogP contribution is -2.33. The molecule has 3 heterocycles. The number of ether oxygens (including phenoxy) is 1. The quantitative estimate of drug-likeness (QED) is 0.798. The van der Waals surface area contributed by atoms with Crippen molar-refractivity contribution in [3.63, 3.8) is 0 Å². The zero-order valence-corrected chi connectivity index (χ0v) is 11.5. The van der Waals surface area contributed by atoms with Crippen molar-refractivity contribution in [3.8, 4) is 11.3 Å². The van der Waals surface area contributed by atoms with Crippen molar-refractivity contribution < 1.29 is 9.53 Å². The second-order valence-electron chi connectivity index (χ2n) is 6.01. The summed E-state index contributed by atoms with van der Waals surface area (Å²) in [6.45, 7) is 4.18. The van der Waals surface area contributed by atoms with E-state index in [0.29, 0.717) is 6.61 Å². The van der Waals surface area contributed by atoms with E-state index in [-0.39, 0.29) is 17.7 Å². The van der Waals surface area contributed by atoms with E-state index in [0.717, 1.165) is 5.69 Å². The number of ketones is 1. The molecule has 0 aliphatic carbocycles. The first kappa shape index (κ1) is 11.9. The summed E-state index contributed by atoms with van der Waals surface area (Å²) in [6, 6.07) is 8.25. The van der Waals surface area contributed by atoms with E-state index >= 15 is 0 Å². The summed E-state index contributed by atoms with van der Waals surface area (Å²) in [6.07, 6.45) is 3.68. The Hall–Kier alpha value is -1.94. The molecule has 2 aliphatic rings. The Balaban J connectivity index is 1.86. The molecule has 2 unspecified atom stereocenters. The number of Topliss-reactive ketones (excluding diaryl/α,β-unsaturated/α-hetero) is 1. The van der Waals surface area contributed by atoms with E-state index in [1.165, 1.54) is 11.1 Å². The molecule has 2 aromatic rings. The van der Waals surface area contributed by atoms with Gasteiger partial charge in [-0.05, 0) is 19.4 Å². The number of imidazole rings is 1. The third kappa shape index (κ3) is 1.40. The fraction of sp³-hybridized carbons (Fsp3) is 0.375. The molecule has 4 nitrogen and oxygen atoms in total. The average molecular weight is 268 g/mol. The average Bonchev–Trinajstić information content (AvgIpc) is 3.07. The van der Waals surface area contributed by atoms with Crippen molar-refractivity contribution in [3.05, 3.63) is 42.4 Å². The number of aromatic nitrogens is 2. The van der Waals surface area contributed by atoms with Crippen LogP contribution in [0.2, 0.25) is 0 Å². The highest BCUT2D eigenvalue weighted by Gasteiger charge is 2.48. The molecule has 0 bridgehead atoms. The fourth-order valence-electron chi connectivity index (χ4n) is 3.41. The van der Waals surface area contributed by atoms with Crippen molar-refractivity contribution in [2.45, 2.75) is 25.5 Å². The fourth-order valence-corrected chi connectivity index (χ4v) is 3.41. The van der Waals surface area contributed by atoms with Crippen LogP contribution in [-0.2, 0) is 9.53 Å². The minimum atomic E-state index is -0.678. The minimum absolute atomic E-state index is 0.0120. The first-order chi connectivity index (χ1) is 9.59. The van der Waals surface area contributed by atoms with E-state index in [1.807, 2.05) is 38.5 Å². The Bertz CT molecular complexity index is 702. The Morgan fingerprint density at radius 3 is 2.90 bits per heavy atom. The highest BCUT2D eigenvalue weighted by atomic mass is 16.5. The Kier molecular flexibility index (Phi) is 2.25. The van der Waals surface area contributed by atoms with Crippen molar-refractivity contribution in [2.24, 2.45) is 5.92 Å². The number of hydrogen-bond donors (Lipinski definition) is 0. The van der Waals surface area contributed by atoms with Crippen LogP contribution in [0.25, 0.3) is 11.3 Å². The SMILES string of the molecule is CC1(C)OCC(C2c3ccccc3-c3cncn32)C1=O. The van der Waals surface area contributed by atoms with Gasteiger partial charge in [0.2, 0.25) is 0 Å². The number of hydrogen-bond acceptors (Lipinski definition) is 3. The Labute approximate surface area is 117 Å². The number of fused-ring (bicyclic) bond motifs is 3. The number of carbonyl (C=O) groups excluding carboxylic acids is 1. The molecule has 4 heteroatoms. The summed E-state index contributed by atoms with van der Waals surface area (Å²) >= 11 is 0. The van der Waals surface area contributed by atoms with Gasteiger partial charge in [-0.15, -0.1) is 0 Å². The molecular weight excluding hydrogens is 252 g/mol. The topological polar surface area (TPSA) is 44.1 Å². The maximum atomic E-state index is 12.6. The molecular formula is C16H16N2O2. The van der Waals surface area contributed by atoms with Gasteiger partial charge in [0.15, 0.2) is 5.78 Å². The first-order valence-electron chi connectivity index (χ1n) is 6.89. The normalized spacial score (nSPS) is 26.6. The van der Waals surface area contributed by atoms with Crippen LogP contribution in [0.3, 0.4) is 0 Å². The van der Waals surface area contributed by atoms with E-state index in [4.69, 9.17) is 4.74 Å². The largest absolute Gasteiger partial charge is 0.367 e. The maximum Gasteiger partial charge on any atom is 0.171 e. The Morgan fingerprint density at radius 2 is 2.15 bits per heavy atom. The van der Waals surface area contributed by atoms with E-state index in [9.17, 15) is 4.79 Å². The van der Waals surface area contributed by atoms with Crippen LogP contribution in [0.1, 0.15) is 25.5 Å². The molecule has 0 saturated carbocycles. The van der Waals surface area contributed by atoms with Crippen LogP contribution in [0.5, 0.6) is 0 Å². The highest BCUT2D eigenvalue weighted by molar-refractivity contribution is 5.92. The van der Waals surface area contributed by atoms with Gasteiger partial charge in [0.05, 0.1) is 36.8 Å². The molecule has 102 valence electrons. The predicted octanol–water partition coefficient (Wildman–Crippen LogP) is 2.45. The summed E-state index contributed by atoms with van der Waals surface area (Å²) < 4.78 is 7.81. The summed E-state index contributed by atoms with van der Waals surface area (Å²) in [5, 5.41) is 0. The van der Waals surface area contributed by atoms with Gasteiger partial charge in [0.25, 0.3) is 0 Å². The summed E-state index contributed by atoms with van der Waals surface area (Å²) in [7, 11) is 0. The minimum Gasteiger partial charge on any atom is -0.367 e. The molecule has 1 aromatic heterocycles. The van der Waals surface area contributed by atoms with Crippen LogP contribution in [0, 0.1) is 5.92 Å². The molecule has 20 heavy (non-hydrogen) atoms. The Morgan fingerprint density at radius 1 is 1.35 bits per heavy atom. The molecule has 2 atom stereocenters. The number of carbonyl (C=O) groups is 1. The van der Waals surface area contributed by atoms with E-state index in [2.05, 4.69) is 21.7 Å². The van der Waals surface area contributed by atoms with E-state index < -0.39 is 5.60 Å². The van der Waals surface area contributed by atoms with Crippen LogP contribution in [0.15, 0.2) is 36.8 Å². The molecule has 4 rings (SSSR count). The van der Waals surface area contributed by atoms with Crippen molar-refractivity contribution in [2.75, 3.05) is 6.61 Å². The van der Waals surface area contributed by atoms with Crippen molar-refractivity contribution >= 4 is 5.78 Å². The second kappa shape index (κ2) is 3.79. The van der Waals surface area contributed by atoms with Gasteiger partial charge in [-0.2, -0.15) is 0 Å². The van der Waals surface area contributed by atoms with Gasteiger partial charge in [-0.3, -0.25) is 4.79 Å². The van der Waals surface area contributed by atoms with Crippen molar-refractivity contribution in [1.29, 1.82) is 0 Å². The van der Waals surface area contributed by atoms with Gasteiger partial charge in [0.1, 0.15) is 5.60 Å².